The predicted molar refractivity (Wildman–Crippen MR) is 70.8 cm³/mol. The van der Waals surface area contributed by atoms with Crippen LogP contribution in [0.4, 0.5) is 10.5 Å². The maximum Gasteiger partial charge on any atom is 0.341 e. The number of nitrogens with one attached hydrogen (secondary N) is 1. The Morgan fingerprint density at radius 3 is 2.67 bits per heavy atom. The molecule has 18 heavy (non-hydrogen) atoms. The minimum atomic E-state index is -0.191. The zero-order valence-electron chi connectivity index (χ0n) is 10.2. The van der Waals surface area contributed by atoms with Crippen molar-refractivity contribution >= 4 is 23.3 Å². The Kier molecular flexibility index (Phi) is 4.28. The first-order chi connectivity index (χ1) is 8.70. The minimum Gasteiger partial charge on any atom is -0.368 e. The van der Waals surface area contributed by atoms with Crippen molar-refractivity contribution < 1.29 is 9.63 Å². The topological polar surface area (TPSA) is 44.8 Å². The zero-order chi connectivity index (χ0) is 13.0. The Morgan fingerprint density at radius 2 is 2.06 bits per heavy atom. The van der Waals surface area contributed by atoms with E-state index in [1.165, 1.54) is 7.11 Å². The molecule has 1 aliphatic heterocycles. The van der Waals surface area contributed by atoms with E-state index >= 15 is 0 Å². The van der Waals surface area contributed by atoms with E-state index < -0.39 is 0 Å². The van der Waals surface area contributed by atoms with Crippen molar-refractivity contribution in [2.75, 3.05) is 38.2 Å². The Morgan fingerprint density at radius 1 is 1.33 bits per heavy atom. The monoisotopic (exact) mass is 269 g/mol. The molecule has 2 rings (SSSR count). The second-order valence-corrected chi connectivity index (χ2v) is 4.50. The fourth-order valence-electron chi connectivity index (χ4n) is 1.99. The summed E-state index contributed by atoms with van der Waals surface area (Å²) < 4.78 is 0. The van der Waals surface area contributed by atoms with Crippen LogP contribution in [0.1, 0.15) is 0 Å². The van der Waals surface area contributed by atoms with E-state index in [1.54, 1.807) is 4.90 Å². The third-order valence-electron chi connectivity index (χ3n) is 2.93. The standard InChI is InChI=1S/C12H16ClN3O2/c1-18-14-12(17)16-7-5-15(6-8-16)11-4-2-3-10(13)9-11/h2-4,9H,5-8H2,1H3,(H,14,17). The second-order valence-electron chi connectivity index (χ2n) is 4.07. The SMILES string of the molecule is CONC(=O)N1CCN(c2cccc(Cl)c2)CC1. The van der Waals surface area contributed by atoms with Gasteiger partial charge in [-0.2, -0.15) is 0 Å². The van der Waals surface area contributed by atoms with Crippen molar-refractivity contribution in [1.82, 2.24) is 10.4 Å². The molecule has 0 aromatic heterocycles. The first kappa shape index (κ1) is 13.0. The van der Waals surface area contributed by atoms with Gasteiger partial charge in [0.15, 0.2) is 0 Å². The fourth-order valence-corrected chi connectivity index (χ4v) is 2.18. The average Bonchev–Trinajstić information content (AvgIpc) is 2.39. The van der Waals surface area contributed by atoms with Crippen LogP contribution in [0.2, 0.25) is 5.02 Å². The van der Waals surface area contributed by atoms with Gasteiger partial charge < -0.3 is 9.80 Å². The summed E-state index contributed by atoms with van der Waals surface area (Å²) in [4.78, 5) is 20.1. The Balaban J connectivity index is 1.92. The maximum atomic E-state index is 11.5. The molecule has 0 saturated carbocycles. The molecule has 1 aromatic rings. The molecule has 1 aromatic carbocycles. The summed E-state index contributed by atoms with van der Waals surface area (Å²) in [6, 6.07) is 7.56. The van der Waals surface area contributed by atoms with Crippen molar-refractivity contribution in [3.63, 3.8) is 0 Å². The number of hydrogen-bond acceptors (Lipinski definition) is 3. The van der Waals surface area contributed by atoms with Crippen LogP contribution in [0, 0.1) is 0 Å². The molecule has 1 N–H and O–H groups in total. The molecule has 0 atom stereocenters. The summed E-state index contributed by atoms with van der Waals surface area (Å²) in [6.07, 6.45) is 0. The van der Waals surface area contributed by atoms with Gasteiger partial charge in [-0.3, -0.25) is 4.84 Å². The van der Waals surface area contributed by atoms with Crippen molar-refractivity contribution in [2.45, 2.75) is 0 Å². The Labute approximate surface area is 111 Å². The molecule has 0 spiro atoms. The lowest BCUT2D eigenvalue weighted by molar-refractivity contribution is 0.0857. The highest BCUT2D eigenvalue weighted by molar-refractivity contribution is 6.30. The van der Waals surface area contributed by atoms with E-state index in [-0.39, 0.29) is 6.03 Å². The van der Waals surface area contributed by atoms with Gasteiger partial charge in [-0.05, 0) is 18.2 Å². The number of anilines is 1. The Bertz CT molecular complexity index is 420. The fraction of sp³-hybridized carbons (Fsp3) is 0.417. The maximum absolute atomic E-state index is 11.5. The lowest BCUT2D eigenvalue weighted by Gasteiger charge is -2.35. The third kappa shape index (κ3) is 3.05. The number of hydroxylamine groups is 1. The minimum absolute atomic E-state index is 0.191. The van der Waals surface area contributed by atoms with Gasteiger partial charge in [0.2, 0.25) is 0 Å². The van der Waals surface area contributed by atoms with Crippen LogP contribution in [-0.2, 0) is 4.84 Å². The first-order valence-electron chi connectivity index (χ1n) is 5.79. The summed E-state index contributed by atoms with van der Waals surface area (Å²) >= 11 is 5.97. The van der Waals surface area contributed by atoms with Crippen LogP contribution in [-0.4, -0.2) is 44.2 Å². The summed E-state index contributed by atoms with van der Waals surface area (Å²) in [5.74, 6) is 0. The largest absolute Gasteiger partial charge is 0.368 e. The van der Waals surface area contributed by atoms with E-state index in [1.807, 2.05) is 24.3 Å². The predicted octanol–water partition coefficient (Wildman–Crippen LogP) is 1.73. The smallest absolute Gasteiger partial charge is 0.341 e. The third-order valence-corrected chi connectivity index (χ3v) is 3.16. The molecule has 5 nitrogen and oxygen atoms in total. The summed E-state index contributed by atoms with van der Waals surface area (Å²) in [5, 5.41) is 0.729. The summed E-state index contributed by atoms with van der Waals surface area (Å²) in [6.45, 7) is 2.92. The summed E-state index contributed by atoms with van der Waals surface area (Å²) in [5.41, 5.74) is 3.42. The molecule has 1 saturated heterocycles. The lowest BCUT2D eigenvalue weighted by Crippen LogP contribution is -2.51. The number of urea groups is 1. The molecule has 1 heterocycles. The first-order valence-corrected chi connectivity index (χ1v) is 6.17. The number of benzene rings is 1. The quantitative estimate of drug-likeness (QED) is 0.832. The van der Waals surface area contributed by atoms with Crippen molar-refractivity contribution in [2.24, 2.45) is 0 Å². The number of carbonyl (C=O) groups is 1. The molecule has 1 aliphatic rings. The van der Waals surface area contributed by atoms with Crippen LogP contribution in [0.15, 0.2) is 24.3 Å². The number of carbonyl (C=O) groups excluding carboxylic acids is 1. The van der Waals surface area contributed by atoms with Crippen LogP contribution >= 0.6 is 11.6 Å². The number of halogens is 1. The number of nitrogens with zero attached hydrogens (tertiary/aromatic N) is 2. The molecule has 2 amide bonds. The second kappa shape index (κ2) is 5.93. The highest BCUT2D eigenvalue weighted by Gasteiger charge is 2.21. The normalized spacial score (nSPS) is 15.7. The van der Waals surface area contributed by atoms with Crippen molar-refractivity contribution in [3.8, 4) is 0 Å². The van der Waals surface area contributed by atoms with Crippen LogP contribution in [0.25, 0.3) is 0 Å². The van der Waals surface area contributed by atoms with E-state index in [4.69, 9.17) is 11.6 Å². The lowest BCUT2D eigenvalue weighted by atomic mass is 10.2. The average molecular weight is 270 g/mol. The van der Waals surface area contributed by atoms with Gasteiger partial charge in [-0.15, -0.1) is 0 Å². The van der Waals surface area contributed by atoms with Gasteiger partial charge in [0.1, 0.15) is 0 Å². The molecule has 98 valence electrons. The molecule has 0 radical (unpaired) electrons. The van der Waals surface area contributed by atoms with Crippen LogP contribution < -0.4 is 10.4 Å². The highest BCUT2D eigenvalue weighted by Crippen LogP contribution is 2.20. The number of amides is 2. The molecular weight excluding hydrogens is 254 g/mol. The van der Waals surface area contributed by atoms with Gasteiger partial charge in [0, 0.05) is 36.9 Å². The van der Waals surface area contributed by atoms with Gasteiger partial charge in [0.25, 0.3) is 0 Å². The highest BCUT2D eigenvalue weighted by atomic mass is 35.5. The molecule has 1 fully saturated rings. The van der Waals surface area contributed by atoms with Gasteiger partial charge in [-0.25, -0.2) is 10.3 Å². The zero-order valence-corrected chi connectivity index (χ0v) is 11.0. The van der Waals surface area contributed by atoms with E-state index in [2.05, 4.69) is 15.2 Å². The van der Waals surface area contributed by atoms with E-state index in [0.29, 0.717) is 13.1 Å². The van der Waals surface area contributed by atoms with Crippen molar-refractivity contribution in [3.05, 3.63) is 29.3 Å². The number of rotatable bonds is 2. The van der Waals surface area contributed by atoms with Crippen LogP contribution in [0.5, 0.6) is 0 Å². The van der Waals surface area contributed by atoms with Crippen LogP contribution in [0.3, 0.4) is 0 Å². The van der Waals surface area contributed by atoms with Gasteiger partial charge in [-0.1, -0.05) is 17.7 Å². The van der Waals surface area contributed by atoms with Gasteiger partial charge >= 0.3 is 6.03 Å². The summed E-state index contributed by atoms with van der Waals surface area (Å²) in [7, 11) is 1.43. The molecule has 0 unspecified atom stereocenters. The molecule has 0 aliphatic carbocycles. The molecular formula is C12H16ClN3O2. The number of hydrogen-bond donors (Lipinski definition) is 1. The molecule has 6 heteroatoms. The number of piperazine rings is 1. The van der Waals surface area contributed by atoms with E-state index in [9.17, 15) is 4.79 Å². The molecule has 0 bridgehead atoms. The Hall–Kier alpha value is -1.46. The van der Waals surface area contributed by atoms with Crippen molar-refractivity contribution in [1.29, 1.82) is 0 Å². The van der Waals surface area contributed by atoms with E-state index in [0.717, 1.165) is 23.8 Å². The van der Waals surface area contributed by atoms with Gasteiger partial charge in [0.05, 0.1) is 7.11 Å².